The van der Waals surface area contributed by atoms with Crippen molar-refractivity contribution in [3.63, 3.8) is 0 Å². The Morgan fingerprint density at radius 3 is 3.05 bits per heavy atom. The third-order valence-electron chi connectivity index (χ3n) is 2.65. The molecule has 8 heteroatoms. The van der Waals surface area contributed by atoms with Crippen molar-refractivity contribution in [3.8, 4) is 0 Å². The van der Waals surface area contributed by atoms with Gasteiger partial charge in [0.2, 0.25) is 0 Å². The molecular formula is C13H13BrFN3O2S. The standard InChI is InChI=1S/C13H13BrFN3O2S/c1-2-20-13(19)10-11(16)18-21-12(10)17-6-7-5-8(14)3-4-9(7)15/h3-5,17H,2,6H2,1H3,(H2,16,18). The highest BCUT2D eigenvalue weighted by molar-refractivity contribution is 9.10. The minimum Gasteiger partial charge on any atom is -0.462 e. The van der Waals surface area contributed by atoms with Gasteiger partial charge in [0, 0.05) is 16.6 Å². The number of carbonyl (C=O) groups excluding carboxylic acids is 1. The highest BCUT2D eigenvalue weighted by Crippen LogP contribution is 2.28. The van der Waals surface area contributed by atoms with E-state index in [1.54, 1.807) is 19.1 Å². The molecule has 5 nitrogen and oxygen atoms in total. The number of nitrogens with two attached hydrogens (primary N) is 1. The molecule has 0 saturated heterocycles. The van der Waals surface area contributed by atoms with Crippen LogP contribution in [0.5, 0.6) is 0 Å². The van der Waals surface area contributed by atoms with Gasteiger partial charge in [-0.15, -0.1) is 0 Å². The van der Waals surface area contributed by atoms with Crippen LogP contribution in [0.2, 0.25) is 0 Å². The van der Waals surface area contributed by atoms with Crippen LogP contribution in [0.25, 0.3) is 0 Å². The Hall–Kier alpha value is -1.67. The van der Waals surface area contributed by atoms with E-state index in [1.165, 1.54) is 6.07 Å². The second kappa shape index (κ2) is 6.86. The molecule has 0 aliphatic carbocycles. The SMILES string of the molecule is CCOC(=O)c1c(N)nsc1NCc1cc(Br)ccc1F. The summed E-state index contributed by atoms with van der Waals surface area (Å²) in [6, 6.07) is 4.65. The van der Waals surface area contributed by atoms with Crippen LogP contribution in [0.1, 0.15) is 22.8 Å². The van der Waals surface area contributed by atoms with E-state index in [1.807, 2.05) is 0 Å². The van der Waals surface area contributed by atoms with Crippen LogP contribution in [0.3, 0.4) is 0 Å². The van der Waals surface area contributed by atoms with Crippen LogP contribution in [0, 0.1) is 5.82 Å². The zero-order valence-corrected chi connectivity index (χ0v) is 13.6. The number of nitrogens with one attached hydrogen (secondary N) is 1. The van der Waals surface area contributed by atoms with Gasteiger partial charge < -0.3 is 15.8 Å². The van der Waals surface area contributed by atoms with Gasteiger partial charge in [-0.05, 0) is 36.7 Å². The highest BCUT2D eigenvalue weighted by Gasteiger charge is 2.20. The van der Waals surface area contributed by atoms with Crippen molar-refractivity contribution in [1.82, 2.24) is 4.37 Å². The smallest absolute Gasteiger partial charge is 0.344 e. The van der Waals surface area contributed by atoms with Crippen molar-refractivity contribution >= 4 is 44.3 Å². The van der Waals surface area contributed by atoms with E-state index in [0.717, 1.165) is 16.0 Å². The number of halogens is 2. The summed E-state index contributed by atoms with van der Waals surface area (Å²) >= 11 is 4.33. The zero-order chi connectivity index (χ0) is 15.4. The molecule has 112 valence electrons. The van der Waals surface area contributed by atoms with Gasteiger partial charge in [-0.2, -0.15) is 4.37 Å². The lowest BCUT2D eigenvalue weighted by atomic mass is 10.2. The number of nitrogens with zero attached hydrogens (tertiary/aromatic N) is 1. The number of carbonyl (C=O) groups is 1. The van der Waals surface area contributed by atoms with Gasteiger partial charge in [-0.25, -0.2) is 9.18 Å². The number of esters is 1. The average Bonchev–Trinajstić information content (AvgIpc) is 2.81. The zero-order valence-electron chi connectivity index (χ0n) is 11.2. The fourth-order valence-electron chi connectivity index (χ4n) is 1.68. The van der Waals surface area contributed by atoms with Crippen molar-refractivity contribution in [2.45, 2.75) is 13.5 Å². The third kappa shape index (κ3) is 3.70. The lowest BCUT2D eigenvalue weighted by molar-refractivity contribution is 0.0529. The number of nitrogen functional groups attached to an aromatic ring is 1. The van der Waals surface area contributed by atoms with Crippen LogP contribution in [0.4, 0.5) is 15.2 Å². The summed E-state index contributed by atoms with van der Waals surface area (Å²) in [5.74, 6) is -0.766. The molecule has 2 aromatic rings. The predicted octanol–water partition coefficient (Wildman–Crippen LogP) is 3.42. The largest absolute Gasteiger partial charge is 0.462 e. The Balaban J connectivity index is 2.17. The minimum atomic E-state index is -0.541. The maximum Gasteiger partial charge on any atom is 0.344 e. The molecule has 0 radical (unpaired) electrons. The predicted molar refractivity (Wildman–Crippen MR) is 83.9 cm³/mol. The molecule has 21 heavy (non-hydrogen) atoms. The molecule has 1 aromatic heterocycles. The van der Waals surface area contributed by atoms with Crippen molar-refractivity contribution in [2.75, 3.05) is 17.7 Å². The summed E-state index contributed by atoms with van der Waals surface area (Å²) in [6.07, 6.45) is 0. The van der Waals surface area contributed by atoms with E-state index in [-0.39, 0.29) is 30.4 Å². The molecule has 1 heterocycles. The van der Waals surface area contributed by atoms with Crippen LogP contribution >= 0.6 is 27.5 Å². The normalized spacial score (nSPS) is 10.4. The van der Waals surface area contributed by atoms with Crippen molar-refractivity contribution in [2.24, 2.45) is 0 Å². The maximum absolute atomic E-state index is 13.7. The number of rotatable bonds is 5. The second-order valence-corrected chi connectivity index (χ2v) is 5.77. The summed E-state index contributed by atoms with van der Waals surface area (Å²) in [7, 11) is 0. The Morgan fingerprint density at radius 1 is 1.57 bits per heavy atom. The van der Waals surface area contributed by atoms with Gasteiger partial charge in [0.15, 0.2) is 5.82 Å². The summed E-state index contributed by atoms with van der Waals surface area (Å²) in [4.78, 5) is 11.8. The summed E-state index contributed by atoms with van der Waals surface area (Å²) in [6.45, 7) is 2.16. The molecule has 2 rings (SSSR count). The number of hydrogen-bond acceptors (Lipinski definition) is 6. The quantitative estimate of drug-likeness (QED) is 0.785. The first-order valence-corrected chi connectivity index (χ1v) is 7.69. The van der Waals surface area contributed by atoms with Gasteiger partial charge in [0.1, 0.15) is 16.4 Å². The van der Waals surface area contributed by atoms with Crippen LogP contribution in [0.15, 0.2) is 22.7 Å². The Bertz CT molecular complexity index is 663. The van der Waals surface area contributed by atoms with Gasteiger partial charge in [0.25, 0.3) is 0 Å². The first-order chi connectivity index (χ1) is 10.0. The third-order valence-corrected chi connectivity index (χ3v) is 3.96. The number of aromatic nitrogens is 1. The van der Waals surface area contributed by atoms with E-state index in [9.17, 15) is 9.18 Å². The topological polar surface area (TPSA) is 77.2 Å². The Morgan fingerprint density at radius 2 is 2.33 bits per heavy atom. The fourth-order valence-corrected chi connectivity index (χ4v) is 2.78. The Labute approximate surface area is 133 Å². The van der Waals surface area contributed by atoms with Crippen LogP contribution in [-0.4, -0.2) is 16.9 Å². The van der Waals surface area contributed by atoms with Gasteiger partial charge in [0.05, 0.1) is 6.61 Å². The van der Waals surface area contributed by atoms with Gasteiger partial charge in [-0.3, -0.25) is 0 Å². The van der Waals surface area contributed by atoms with E-state index in [0.29, 0.717) is 10.6 Å². The average molecular weight is 374 g/mol. The first kappa shape index (κ1) is 15.7. The highest BCUT2D eigenvalue weighted by atomic mass is 79.9. The molecule has 3 N–H and O–H groups in total. The summed E-state index contributed by atoms with van der Waals surface area (Å²) in [5, 5.41) is 3.44. The molecule has 0 aliphatic rings. The van der Waals surface area contributed by atoms with Crippen molar-refractivity contribution < 1.29 is 13.9 Å². The van der Waals surface area contributed by atoms with Gasteiger partial charge in [-0.1, -0.05) is 15.9 Å². The molecular weight excluding hydrogens is 361 g/mol. The summed E-state index contributed by atoms with van der Waals surface area (Å²) < 4.78 is 23.3. The number of ether oxygens (including phenoxy) is 1. The van der Waals surface area contributed by atoms with Crippen LogP contribution in [-0.2, 0) is 11.3 Å². The molecule has 0 bridgehead atoms. The van der Waals surface area contributed by atoms with Crippen molar-refractivity contribution in [1.29, 1.82) is 0 Å². The molecule has 0 fully saturated rings. The fraction of sp³-hybridized carbons (Fsp3) is 0.231. The van der Waals surface area contributed by atoms with Crippen molar-refractivity contribution in [3.05, 3.63) is 39.6 Å². The molecule has 0 spiro atoms. The monoisotopic (exact) mass is 373 g/mol. The number of benzene rings is 1. The molecule has 0 aliphatic heterocycles. The first-order valence-electron chi connectivity index (χ1n) is 6.13. The lowest BCUT2D eigenvalue weighted by Gasteiger charge is -2.08. The van der Waals surface area contributed by atoms with E-state index < -0.39 is 5.97 Å². The molecule has 0 unspecified atom stereocenters. The molecule has 0 saturated carbocycles. The lowest BCUT2D eigenvalue weighted by Crippen LogP contribution is -2.10. The van der Waals surface area contributed by atoms with E-state index in [4.69, 9.17) is 10.5 Å². The van der Waals surface area contributed by atoms with E-state index in [2.05, 4.69) is 25.6 Å². The Kier molecular flexibility index (Phi) is 5.13. The number of hydrogen-bond donors (Lipinski definition) is 2. The maximum atomic E-state index is 13.7. The van der Waals surface area contributed by atoms with Crippen LogP contribution < -0.4 is 11.1 Å². The second-order valence-electron chi connectivity index (χ2n) is 4.08. The molecule has 0 atom stereocenters. The summed E-state index contributed by atoms with van der Waals surface area (Å²) in [5.41, 5.74) is 6.33. The molecule has 1 aromatic carbocycles. The minimum absolute atomic E-state index is 0.107. The molecule has 0 amide bonds. The number of anilines is 2. The van der Waals surface area contributed by atoms with E-state index >= 15 is 0 Å². The van der Waals surface area contributed by atoms with Gasteiger partial charge >= 0.3 is 5.97 Å².